The largest absolute Gasteiger partial charge is 0.347 e. The van der Waals surface area contributed by atoms with E-state index in [9.17, 15) is 9.59 Å². The lowest BCUT2D eigenvalue weighted by Crippen LogP contribution is -2.42. The number of benzene rings is 1. The van der Waals surface area contributed by atoms with Crippen LogP contribution in [0.15, 0.2) is 24.3 Å². The highest BCUT2D eigenvalue weighted by Gasteiger charge is 2.18. The van der Waals surface area contributed by atoms with Gasteiger partial charge in [-0.05, 0) is 56.9 Å². The zero-order valence-electron chi connectivity index (χ0n) is 14.8. The molecule has 0 aliphatic heterocycles. The van der Waals surface area contributed by atoms with Crippen LogP contribution in [0.4, 0.5) is 10.5 Å². The Morgan fingerprint density at radius 3 is 2.26 bits per heavy atom. The maximum absolute atomic E-state index is 12.1. The molecule has 0 spiro atoms. The summed E-state index contributed by atoms with van der Waals surface area (Å²) in [6.45, 7) is 10.9. The quantitative estimate of drug-likeness (QED) is 0.716. The maximum Gasteiger partial charge on any atom is 0.319 e. The Balaban J connectivity index is 2.53. The van der Waals surface area contributed by atoms with E-state index in [2.05, 4.69) is 29.8 Å². The molecule has 0 bridgehead atoms. The van der Waals surface area contributed by atoms with Gasteiger partial charge in [-0.3, -0.25) is 4.79 Å². The maximum atomic E-state index is 12.1. The molecular formula is C18H29N3O2. The summed E-state index contributed by atoms with van der Waals surface area (Å²) in [5.74, 6) is 0.449. The fraction of sp³-hybridized carbons (Fsp3) is 0.556. The van der Waals surface area contributed by atoms with Crippen molar-refractivity contribution in [1.82, 2.24) is 10.6 Å². The van der Waals surface area contributed by atoms with Gasteiger partial charge in [-0.25, -0.2) is 4.79 Å². The van der Waals surface area contributed by atoms with Gasteiger partial charge < -0.3 is 16.0 Å². The Bertz CT molecular complexity index is 522. The molecule has 1 aromatic carbocycles. The number of carbonyl (C=O) groups excluding carboxylic acids is 2. The molecule has 0 saturated heterocycles. The molecule has 3 amide bonds. The number of rotatable bonds is 7. The van der Waals surface area contributed by atoms with Gasteiger partial charge in [0.05, 0.1) is 0 Å². The molecule has 1 aromatic rings. The van der Waals surface area contributed by atoms with E-state index in [-0.39, 0.29) is 17.5 Å². The number of anilines is 1. The fourth-order valence-electron chi connectivity index (χ4n) is 1.82. The Hall–Kier alpha value is -2.04. The van der Waals surface area contributed by atoms with Gasteiger partial charge in [0.2, 0.25) is 0 Å². The molecule has 0 radical (unpaired) electrons. The van der Waals surface area contributed by atoms with Crippen LogP contribution in [0, 0.1) is 5.92 Å². The van der Waals surface area contributed by atoms with Crippen LogP contribution >= 0.6 is 0 Å². The van der Waals surface area contributed by atoms with Gasteiger partial charge >= 0.3 is 6.03 Å². The molecule has 0 saturated carbocycles. The van der Waals surface area contributed by atoms with E-state index in [1.54, 1.807) is 24.3 Å². The first-order valence-corrected chi connectivity index (χ1v) is 8.21. The Labute approximate surface area is 139 Å². The van der Waals surface area contributed by atoms with Gasteiger partial charge in [0.1, 0.15) is 0 Å². The van der Waals surface area contributed by atoms with Crippen LogP contribution in [0.1, 0.15) is 57.8 Å². The van der Waals surface area contributed by atoms with Gasteiger partial charge in [0, 0.05) is 23.3 Å². The van der Waals surface area contributed by atoms with Gasteiger partial charge in [-0.2, -0.15) is 0 Å². The van der Waals surface area contributed by atoms with Gasteiger partial charge in [-0.15, -0.1) is 0 Å². The smallest absolute Gasteiger partial charge is 0.319 e. The molecule has 0 fully saturated rings. The number of hydrogen-bond donors (Lipinski definition) is 3. The van der Waals surface area contributed by atoms with E-state index in [4.69, 9.17) is 0 Å². The first-order valence-electron chi connectivity index (χ1n) is 8.21. The second-order valence-corrected chi connectivity index (χ2v) is 6.83. The minimum Gasteiger partial charge on any atom is -0.347 e. The molecule has 0 heterocycles. The van der Waals surface area contributed by atoms with Crippen molar-refractivity contribution in [3.63, 3.8) is 0 Å². The normalized spacial score (nSPS) is 11.2. The highest BCUT2D eigenvalue weighted by molar-refractivity contribution is 5.95. The monoisotopic (exact) mass is 319 g/mol. The van der Waals surface area contributed by atoms with E-state index in [0.717, 1.165) is 12.8 Å². The van der Waals surface area contributed by atoms with Crippen LogP contribution in [0.25, 0.3) is 0 Å². The number of amides is 3. The van der Waals surface area contributed by atoms with Crippen LogP contribution in [0.3, 0.4) is 0 Å². The molecular weight excluding hydrogens is 290 g/mol. The van der Waals surface area contributed by atoms with Crippen LogP contribution in [0.5, 0.6) is 0 Å². The molecule has 3 N–H and O–H groups in total. The van der Waals surface area contributed by atoms with Crippen molar-refractivity contribution >= 4 is 17.6 Å². The summed E-state index contributed by atoms with van der Waals surface area (Å²) >= 11 is 0. The lowest BCUT2D eigenvalue weighted by Gasteiger charge is -2.24. The molecule has 5 heteroatoms. The predicted molar refractivity (Wildman–Crippen MR) is 94.8 cm³/mol. The molecule has 23 heavy (non-hydrogen) atoms. The third-order valence-corrected chi connectivity index (χ3v) is 3.75. The SMILES string of the molecule is CCC(C)(C)NC(=O)c1ccc(NC(=O)NCCC(C)C)cc1. The molecule has 0 unspecified atom stereocenters. The third-order valence-electron chi connectivity index (χ3n) is 3.75. The summed E-state index contributed by atoms with van der Waals surface area (Å²) < 4.78 is 0. The molecule has 0 aromatic heterocycles. The van der Waals surface area contributed by atoms with E-state index in [0.29, 0.717) is 23.7 Å². The van der Waals surface area contributed by atoms with Gasteiger partial charge in [-0.1, -0.05) is 20.8 Å². The van der Waals surface area contributed by atoms with Crippen molar-refractivity contribution in [2.24, 2.45) is 5.92 Å². The van der Waals surface area contributed by atoms with Crippen LogP contribution in [0.2, 0.25) is 0 Å². The lowest BCUT2D eigenvalue weighted by atomic mass is 10.0. The highest BCUT2D eigenvalue weighted by atomic mass is 16.2. The van der Waals surface area contributed by atoms with Crippen LogP contribution in [-0.2, 0) is 0 Å². The van der Waals surface area contributed by atoms with Gasteiger partial charge in [0.15, 0.2) is 0 Å². The summed E-state index contributed by atoms with van der Waals surface area (Å²) in [7, 11) is 0. The highest BCUT2D eigenvalue weighted by Crippen LogP contribution is 2.12. The Morgan fingerprint density at radius 2 is 1.74 bits per heavy atom. The molecule has 0 atom stereocenters. The molecule has 128 valence electrons. The summed E-state index contributed by atoms with van der Waals surface area (Å²) in [6.07, 6.45) is 1.80. The van der Waals surface area contributed by atoms with Gasteiger partial charge in [0.25, 0.3) is 5.91 Å². The van der Waals surface area contributed by atoms with Crippen LogP contribution < -0.4 is 16.0 Å². The minimum absolute atomic E-state index is 0.107. The van der Waals surface area contributed by atoms with Crippen molar-refractivity contribution in [2.75, 3.05) is 11.9 Å². The second kappa shape index (κ2) is 8.56. The third kappa shape index (κ3) is 7.17. The van der Waals surface area contributed by atoms with Crippen molar-refractivity contribution in [2.45, 2.75) is 53.0 Å². The van der Waals surface area contributed by atoms with Crippen LogP contribution in [-0.4, -0.2) is 24.0 Å². The number of hydrogen-bond acceptors (Lipinski definition) is 2. The zero-order valence-corrected chi connectivity index (χ0v) is 14.8. The number of nitrogens with one attached hydrogen (secondary N) is 3. The molecule has 0 aliphatic carbocycles. The van der Waals surface area contributed by atoms with Crippen molar-refractivity contribution in [3.05, 3.63) is 29.8 Å². The predicted octanol–water partition coefficient (Wildman–Crippen LogP) is 3.77. The second-order valence-electron chi connectivity index (χ2n) is 6.83. The summed E-state index contributed by atoms with van der Waals surface area (Å²) in [5.41, 5.74) is 1.01. The van der Waals surface area contributed by atoms with E-state index < -0.39 is 0 Å². The number of carbonyl (C=O) groups is 2. The van der Waals surface area contributed by atoms with E-state index in [1.165, 1.54) is 0 Å². The zero-order chi connectivity index (χ0) is 17.5. The van der Waals surface area contributed by atoms with Crippen molar-refractivity contribution in [1.29, 1.82) is 0 Å². The first kappa shape index (κ1) is 19.0. The number of urea groups is 1. The van der Waals surface area contributed by atoms with Crippen molar-refractivity contribution in [3.8, 4) is 0 Å². The van der Waals surface area contributed by atoms with Crippen molar-refractivity contribution < 1.29 is 9.59 Å². The molecule has 1 rings (SSSR count). The first-order chi connectivity index (χ1) is 10.7. The standard InChI is InChI=1S/C18H29N3O2/c1-6-18(4,5)21-16(22)14-7-9-15(10-8-14)20-17(23)19-12-11-13(2)3/h7-10,13H,6,11-12H2,1-5H3,(H,21,22)(H2,19,20,23). The van der Waals surface area contributed by atoms with E-state index >= 15 is 0 Å². The average Bonchev–Trinajstić information content (AvgIpc) is 2.47. The molecule has 5 nitrogen and oxygen atoms in total. The summed E-state index contributed by atoms with van der Waals surface area (Å²) in [4.78, 5) is 23.9. The summed E-state index contributed by atoms with van der Waals surface area (Å²) in [5, 5.41) is 8.55. The van der Waals surface area contributed by atoms with E-state index in [1.807, 2.05) is 20.8 Å². The Morgan fingerprint density at radius 1 is 1.13 bits per heavy atom. The average molecular weight is 319 g/mol. The topological polar surface area (TPSA) is 70.2 Å². The lowest BCUT2D eigenvalue weighted by molar-refractivity contribution is 0.0911. The minimum atomic E-state index is -0.232. The summed E-state index contributed by atoms with van der Waals surface area (Å²) in [6, 6.07) is 6.66. The fourth-order valence-corrected chi connectivity index (χ4v) is 1.82. The molecule has 0 aliphatic rings. The Kier molecular flexibility index (Phi) is 7.07.